The van der Waals surface area contributed by atoms with E-state index in [0.717, 1.165) is 37.4 Å². The minimum atomic E-state index is 0.298. The van der Waals surface area contributed by atoms with Crippen LogP contribution in [0.4, 0.5) is 0 Å². The molecule has 0 radical (unpaired) electrons. The molecule has 2 unspecified atom stereocenters. The van der Waals surface area contributed by atoms with E-state index in [1.54, 1.807) is 0 Å². The van der Waals surface area contributed by atoms with Crippen molar-refractivity contribution in [3.05, 3.63) is 35.4 Å². The average molecular weight is 335 g/mol. The largest absolute Gasteiger partial charge is 0.340 e. The monoisotopic (exact) mass is 334 g/mol. The summed E-state index contributed by atoms with van der Waals surface area (Å²) < 4.78 is 0. The number of rotatable bonds is 7. The molecule has 2 rings (SSSR count). The summed E-state index contributed by atoms with van der Waals surface area (Å²) in [5.74, 6) is 2.51. The molecule has 0 aliphatic carbocycles. The summed E-state index contributed by atoms with van der Waals surface area (Å²) in [5.41, 5.74) is 2.60. The number of benzene rings is 1. The van der Waals surface area contributed by atoms with Crippen LogP contribution in [0.25, 0.3) is 0 Å². The van der Waals surface area contributed by atoms with Crippen molar-refractivity contribution >= 4 is 17.7 Å². The van der Waals surface area contributed by atoms with Crippen LogP contribution in [0.3, 0.4) is 0 Å². The number of thioether (sulfide) groups is 1. The molecule has 1 N–H and O–H groups in total. The van der Waals surface area contributed by atoms with Gasteiger partial charge in [-0.3, -0.25) is 4.79 Å². The van der Waals surface area contributed by atoms with E-state index < -0.39 is 0 Å². The maximum absolute atomic E-state index is 12.8. The molecule has 0 bridgehead atoms. The summed E-state index contributed by atoms with van der Waals surface area (Å²) in [6.45, 7) is 8.21. The fourth-order valence-corrected chi connectivity index (χ4v) is 4.14. The van der Waals surface area contributed by atoms with Gasteiger partial charge in [0.25, 0.3) is 0 Å². The molecule has 1 heterocycles. The number of likely N-dealkylation sites (N-methyl/N-ethyl adjacent to an activating group) is 1. The van der Waals surface area contributed by atoms with Crippen molar-refractivity contribution in [2.24, 2.45) is 0 Å². The van der Waals surface area contributed by atoms with Crippen LogP contribution < -0.4 is 5.32 Å². The van der Waals surface area contributed by atoms with Crippen molar-refractivity contribution in [1.29, 1.82) is 0 Å². The van der Waals surface area contributed by atoms with Gasteiger partial charge in [0.1, 0.15) is 0 Å². The lowest BCUT2D eigenvalue weighted by Crippen LogP contribution is -2.46. The quantitative estimate of drug-likeness (QED) is 0.831. The Morgan fingerprint density at radius 1 is 1.35 bits per heavy atom. The third kappa shape index (κ3) is 5.54. The number of carbonyl (C=O) groups is 1. The van der Waals surface area contributed by atoms with Gasteiger partial charge in [-0.2, -0.15) is 11.8 Å². The van der Waals surface area contributed by atoms with Gasteiger partial charge < -0.3 is 10.2 Å². The second-order valence-electron chi connectivity index (χ2n) is 6.36. The van der Waals surface area contributed by atoms with E-state index in [2.05, 4.69) is 55.3 Å². The molecule has 0 spiro atoms. The lowest BCUT2D eigenvalue weighted by atomic mass is 10.0. The molecule has 128 valence electrons. The van der Waals surface area contributed by atoms with Crippen molar-refractivity contribution in [2.75, 3.05) is 24.6 Å². The van der Waals surface area contributed by atoms with Crippen LogP contribution in [0.1, 0.15) is 37.8 Å². The van der Waals surface area contributed by atoms with Crippen molar-refractivity contribution in [3.63, 3.8) is 0 Å². The van der Waals surface area contributed by atoms with Gasteiger partial charge in [-0.25, -0.2) is 0 Å². The second-order valence-corrected chi connectivity index (χ2v) is 7.51. The predicted molar refractivity (Wildman–Crippen MR) is 100 cm³/mol. The van der Waals surface area contributed by atoms with Crippen molar-refractivity contribution in [2.45, 2.75) is 52.1 Å². The Balaban J connectivity index is 1.97. The minimum absolute atomic E-state index is 0.298. The molecule has 3 nitrogen and oxygen atoms in total. The van der Waals surface area contributed by atoms with Crippen LogP contribution in [-0.4, -0.2) is 47.5 Å². The maximum Gasteiger partial charge on any atom is 0.224 e. The molecule has 1 amide bonds. The smallest absolute Gasteiger partial charge is 0.224 e. The van der Waals surface area contributed by atoms with Gasteiger partial charge in [0.15, 0.2) is 0 Å². The normalized spacial score (nSPS) is 19.3. The Hall–Kier alpha value is -1.000. The Labute approximate surface area is 145 Å². The standard InChI is InChI=1S/C19H30N2OS/c1-4-18(12-16-8-6-15(3)7-9-16)21(5-2)19(22)13-17-14-23-11-10-20-17/h6-9,17-18,20H,4-5,10-14H2,1-3H3. The predicted octanol–water partition coefficient (Wildman–Crippen LogP) is 3.26. The number of nitrogens with zero attached hydrogens (tertiary/aromatic N) is 1. The number of hydrogen-bond acceptors (Lipinski definition) is 3. The Bertz CT molecular complexity index is 483. The SMILES string of the molecule is CCC(Cc1ccc(C)cc1)N(CC)C(=O)CC1CSCCN1. The van der Waals surface area contributed by atoms with E-state index in [1.807, 2.05) is 11.8 Å². The maximum atomic E-state index is 12.8. The molecule has 2 atom stereocenters. The average Bonchev–Trinajstić information content (AvgIpc) is 2.57. The first-order valence-electron chi connectivity index (χ1n) is 8.80. The third-order valence-electron chi connectivity index (χ3n) is 4.58. The molecule has 1 aromatic rings. The van der Waals surface area contributed by atoms with E-state index in [0.29, 0.717) is 24.4 Å². The Morgan fingerprint density at radius 3 is 2.65 bits per heavy atom. The van der Waals surface area contributed by atoms with Gasteiger partial charge in [-0.1, -0.05) is 36.8 Å². The van der Waals surface area contributed by atoms with Crippen molar-refractivity contribution < 1.29 is 4.79 Å². The van der Waals surface area contributed by atoms with Crippen LogP contribution in [-0.2, 0) is 11.2 Å². The fourth-order valence-electron chi connectivity index (χ4n) is 3.19. The van der Waals surface area contributed by atoms with Gasteiger partial charge >= 0.3 is 0 Å². The molecule has 1 fully saturated rings. The molecular weight excluding hydrogens is 304 g/mol. The van der Waals surface area contributed by atoms with Gasteiger partial charge in [-0.05, 0) is 32.3 Å². The second kappa shape index (κ2) is 9.33. The van der Waals surface area contributed by atoms with Crippen LogP contribution in [0.5, 0.6) is 0 Å². The van der Waals surface area contributed by atoms with Crippen molar-refractivity contribution in [3.8, 4) is 0 Å². The summed E-state index contributed by atoms with van der Waals surface area (Å²) in [4.78, 5) is 14.8. The summed E-state index contributed by atoms with van der Waals surface area (Å²) in [6, 6.07) is 9.33. The number of carbonyl (C=O) groups excluding carboxylic acids is 1. The molecular formula is C19H30N2OS. The first kappa shape index (κ1) is 18.3. The first-order chi connectivity index (χ1) is 11.1. The topological polar surface area (TPSA) is 32.3 Å². The molecule has 0 aromatic heterocycles. The zero-order chi connectivity index (χ0) is 16.7. The highest BCUT2D eigenvalue weighted by Gasteiger charge is 2.24. The summed E-state index contributed by atoms with van der Waals surface area (Å²) in [7, 11) is 0. The summed E-state index contributed by atoms with van der Waals surface area (Å²) in [6.07, 6.45) is 2.58. The van der Waals surface area contributed by atoms with Gasteiger partial charge in [-0.15, -0.1) is 0 Å². The summed E-state index contributed by atoms with van der Waals surface area (Å²) >= 11 is 1.95. The van der Waals surface area contributed by atoms with Crippen LogP contribution in [0.2, 0.25) is 0 Å². The zero-order valence-corrected chi connectivity index (χ0v) is 15.5. The summed E-state index contributed by atoms with van der Waals surface area (Å²) in [5, 5.41) is 3.47. The van der Waals surface area contributed by atoms with Gasteiger partial charge in [0.05, 0.1) is 0 Å². The van der Waals surface area contributed by atoms with Gasteiger partial charge in [0.2, 0.25) is 5.91 Å². The van der Waals surface area contributed by atoms with E-state index >= 15 is 0 Å². The number of nitrogens with one attached hydrogen (secondary N) is 1. The number of hydrogen-bond donors (Lipinski definition) is 1. The van der Waals surface area contributed by atoms with Crippen molar-refractivity contribution in [1.82, 2.24) is 10.2 Å². The minimum Gasteiger partial charge on any atom is -0.340 e. The molecule has 1 saturated heterocycles. The molecule has 1 aliphatic heterocycles. The number of aryl methyl sites for hydroxylation is 1. The van der Waals surface area contributed by atoms with Gasteiger partial charge in [0, 0.05) is 43.1 Å². The first-order valence-corrected chi connectivity index (χ1v) is 9.95. The Kier molecular flexibility index (Phi) is 7.44. The molecule has 23 heavy (non-hydrogen) atoms. The van der Waals surface area contributed by atoms with Crippen LogP contribution >= 0.6 is 11.8 Å². The van der Waals surface area contributed by atoms with Crippen LogP contribution in [0.15, 0.2) is 24.3 Å². The van der Waals surface area contributed by atoms with E-state index in [4.69, 9.17) is 0 Å². The zero-order valence-electron chi connectivity index (χ0n) is 14.7. The fraction of sp³-hybridized carbons (Fsp3) is 0.632. The number of amides is 1. The lowest BCUT2D eigenvalue weighted by molar-refractivity contribution is -0.133. The molecule has 4 heteroatoms. The lowest BCUT2D eigenvalue weighted by Gasteiger charge is -2.32. The molecule has 1 aliphatic rings. The van der Waals surface area contributed by atoms with E-state index in [-0.39, 0.29) is 0 Å². The van der Waals surface area contributed by atoms with Crippen LogP contribution in [0, 0.1) is 6.92 Å². The molecule has 1 aromatic carbocycles. The molecule has 0 saturated carbocycles. The Morgan fingerprint density at radius 2 is 2.09 bits per heavy atom. The third-order valence-corrected chi connectivity index (χ3v) is 5.72. The highest BCUT2D eigenvalue weighted by Crippen LogP contribution is 2.17. The van der Waals surface area contributed by atoms with E-state index in [9.17, 15) is 4.79 Å². The van der Waals surface area contributed by atoms with E-state index in [1.165, 1.54) is 11.1 Å². The highest BCUT2D eigenvalue weighted by molar-refractivity contribution is 7.99. The highest BCUT2D eigenvalue weighted by atomic mass is 32.2.